The van der Waals surface area contributed by atoms with Gasteiger partial charge >= 0.3 is 0 Å². The first kappa shape index (κ1) is 11.0. The number of nitrogens with zero attached hydrogens (tertiary/aromatic N) is 4. The zero-order valence-electron chi connectivity index (χ0n) is 10.5. The van der Waals surface area contributed by atoms with Crippen molar-refractivity contribution in [3.8, 4) is 22.8 Å². The van der Waals surface area contributed by atoms with Gasteiger partial charge in [0.05, 0.1) is 5.69 Å². The summed E-state index contributed by atoms with van der Waals surface area (Å²) in [6.07, 6.45) is 5.33. The second-order valence-corrected chi connectivity index (χ2v) is 4.49. The molecule has 3 heterocycles. The molecule has 6 nitrogen and oxygen atoms in total. The number of rotatable bonds is 1. The quantitative estimate of drug-likeness (QED) is 0.725. The third-order valence-electron chi connectivity index (χ3n) is 3.23. The predicted molar refractivity (Wildman–Crippen MR) is 73.3 cm³/mol. The Balaban J connectivity index is 1.88. The van der Waals surface area contributed by atoms with Gasteiger partial charge in [-0.3, -0.25) is 4.57 Å². The van der Waals surface area contributed by atoms with Crippen LogP contribution in [0.3, 0.4) is 0 Å². The van der Waals surface area contributed by atoms with E-state index >= 15 is 0 Å². The van der Waals surface area contributed by atoms with Crippen LogP contribution in [0, 0.1) is 0 Å². The molecule has 1 aliphatic heterocycles. The van der Waals surface area contributed by atoms with E-state index in [0.29, 0.717) is 18.2 Å². The molecular formula is C14H11N5O. The molecule has 1 aliphatic rings. The summed E-state index contributed by atoms with van der Waals surface area (Å²) in [5.41, 5.74) is 7.53. The lowest BCUT2D eigenvalue weighted by Crippen LogP contribution is -2.12. The Morgan fingerprint density at radius 1 is 1.15 bits per heavy atom. The highest BCUT2D eigenvalue weighted by Gasteiger charge is 2.18. The first-order valence-corrected chi connectivity index (χ1v) is 6.19. The van der Waals surface area contributed by atoms with E-state index in [2.05, 4.69) is 15.0 Å². The molecular weight excluding hydrogens is 254 g/mol. The van der Waals surface area contributed by atoms with Crippen LogP contribution in [0.4, 0.5) is 5.82 Å². The minimum atomic E-state index is 0.451. The molecule has 6 heteroatoms. The van der Waals surface area contributed by atoms with Gasteiger partial charge in [-0.25, -0.2) is 15.0 Å². The largest absolute Gasteiger partial charge is 0.483 e. The van der Waals surface area contributed by atoms with E-state index < -0.39 is 0 Å². The van der Waals surface area contributed by atoms with Gasteiger partial charge in [0.15, 0.2) is 11.6 Å². The monoisotopic (exact) mass is 265 g/mol. The molecule has 20 heavy (non-hydrogen) atoms. The van der Waals surface area contributed by atoms with Crippen molar-refractivity contribution >= 4 is 5.82 Å². The molecule has 1 aromatic carbocycles. The van der Waals surface area contributed by atoms with Crippen molar-refractivity contribution in [3.63, 3.8) is 0 Å². The number of aromatic nitrogens is 4. The summed E-state index contributed by atoms with van der Waals surface area (Å²) in [6.45, 7) is 0.480. The fourth-order valence-corrected chi connectivity index (χ4v) is 2.28. The van der Waals surface area contributed by atoms with Gasteiger partial charge < -0.3 is 10.5 Å². The zero-order chi connectivity index (χ0) is 13.5. The summed E-state index contributed by atoms with van der Waals surface area (Å²) in [4.78, 5) is 12.7. The van der Waals surface area contributed by atoms with Crippen LogP contribution in [0.25, 0.3) is 17.1 Å². The molecule has 4 rings (SSSR count). The third kappa shape index (κ3) is 1.62. The van der Waals surface area contributed by atoms with Crippen molar-refractivity contribution in [2.24, 2.45) is 0 Å². The van der Waals surface area contributed by atoms with Crippen molar-refractivity contribution in [2.45, 2.75) is 6.61 Å². The molecule has 0 fully saturated rings. The maximum Gasteiger partial charge on any atom is 0.161 e. The van der Waals surface area contributed by atoms with Crippen molar-refractivity contribution in [3.05, 3.63) is 48.7 Å². The van der Waals surface area contributed by atoms with Gasteiger partial charge in [0.2, 0.25) is 0 Å². The van der Waals surface area contributed by atoms with Gasteiger partial charge in [0.25, 0.3) is 0 Å². The standard InChI is InChI=1S/C14H11N5O/c15-12-3-4-17-14(18-12)9-1-2-11-10(7-9)19-6-5-16-13(19)8-20-11/h1-7H,8H2,(H2,15,17,18). The molecule has 0 atom stereocenters. The van der Waals surface area contributed by atoms with Crippen molar-refractivity contribution in [1.29, 1.82) is 0 Å². The Kier molecular flexibility index (Phi) is 2.23. The van der Waals surface area contributed by atoms with Gasteiger partial charge in [0.1, 0.15) is 18.2 Å². The minimum absolute atomic E-state index is 0.451. The third-order valence-corrected chi connectivity index (χ3v) is 3.23. The number of nitrogens with two attached hydrogens (primary N) is 1. The lowest BCUT2D eigenvalue weighted by atomic mass is 10.1. The van der Waals surface area contributed by atoms with Crippen LogP contribution >= 0.6 is 0 Å². The van der Waals surface area contributed by atoms with Gasteiger partial charge in [-0.2, -0.15) is 0 Å². The fourth-order valence-electron chi connectivity index (χ4n) is 2.28. The molecule has 2 N–H and O–H groups in total. The van der Waals surface area contributed by atoms with Crippen LogP contribution in [-0.4, -0.2) is 19.5 Å². The molecule has 0 amide bonds. The van der Waals surface area contributed by atoms with Crippen molar-refractivity contribution < 1.29 is 4.74 Å². The second-order valence-electron chi connectivity index (χ2n) is 4.49. The average Bonchev–Trinajstić information content (AvgIpc) is 2.95. The van der Waals surface area contributed by atoms with E-state index in [9.17, 15) is 0 Å². The maximum atomic E-state index is 5.70. The summed E-state index contributed by atoms with van der Waals surface area (Å²) in [5, 5.41) is 0. The van der Waals surface area contributed by atoms with Crippen LogP contribution in [0.2, 0.25) is 0 Å². The highest BCUT2D eigenvalue weighted by molar-refractivity contribution is 5.64. The smallest absolute Gasteiger partial charge is 0.161 e. The number of hydrogen-bond donors (Lipinski definition) is 1. The average molecular weight is 265 g/mol. The van der Waals surface area contributed by atoms with Gasteiger partial charge in [-0.05, 0) is 24.3 Å². The molecule has 3 aromatic rings. The van der Waals surface area contributed by atoms with Crippen molar-refractivity contribution in [2.75, 3.05) is 5.73 Å². The van der Waals surface area contributed by atoms with E-state index in [0.717, 1.165) is 22.8 Å². The SMILES string of the molecule is Nc1ccnc(-c2ccc3c(c2)-n2ccnc2CO3)n1. The van der Waals surface area contributed by atoms with Crippen molar-refractivity contribution in [1.82, 2.24) is 19.5 Å². The zero-order valence-corrected chi connectivity index (χ0v) is 10.5. The number of hydrogen-bond acceptors (Lipinski definition) is 5. The molecule has 0 bridgehead atoms. The van der Waals surface area contributed by atoms with Crippen LogP contribution < -0.4 is 10.5 Å². The first-order valence-electron chi connectivity index (χ1n) is 6.19. The molecule has 0 saturated heterocycles. The molecule has 2 aromatic heterocycles. The number of fused-ring (bicyclic) bond motifs is 3. The van der Waals surface area contributed by atoms with Gasteiger partial charge in [-0.1, -0.05) is 0 Å². The van der Waals surface area contributed by atoms with Crippen LogP contribution in [-0.2, 0) is 6.61 Å². The van der Waals surface area contributed by atoms with E-state index in [1.165, 1.54) is 0 Å². The highest BCUT2D eigenvalue weighted by atomic mass is 16.5. The van der Waals surface area contributed by atoms with E-state index in [1.807, 2.05) is 29.0 Å². The lowest BCUT2D eigenvalue weighted by Gasteiger charge is -2.19. The molecule has 0 radical (unpaired) electrons. The minimum Gasteiger partial charge on any atom is -0.483 e. The summed E-state index contributed by atoms with van der Waals surface area (Å²) < 4.78 is 7.68. The molecule has 0 aliphatic carbocycles. The maximum absolute atomic E-state index is 5.70. The Hall–Kier alpha value is -2.89. The molecule has 98 valence electrons. The topological polar surface area (TPSA) is 78.8 Å². The van der Waals surface area contributed by atoms with E-state index in [1.54, 1.807) is 18.5 Å². The Morgan fingerprint density at radius 3 is 3.00 bits per heavy atom. The normalized spacial score (nSPS) is 12.4. The van der Waals surface area contributed by atoms with Gasteiger partial charge in [0, 0.05) is 24.2 Å². The first-order chi connectivity index (χ1) is 9.81. The number of benzene rings is 1. The number of ether oxygens (including phenoxy) is 1. The van der Waals surface area contributed by atoms with E-state index in [-0.39, 0.29) is 0 Å². The van der Waals surface area contributed by atoms with Crippen LogP contribution in [0.1, 0.15) is 5.82 Å². The van der Waals surface area contributed by atoms with Crippen LogP contribution in [0.5, 0.6) is 5.75 Å². The van der Waals surface area contributed by atoms with Crippen LogP contribution in [0.15, 0.2) is 42.9 Å². The Labute approximate surface area is 114 Å². The molecule has 0 spiro atoms. The highest BCUT2D eigenvalue weighted by Crippen LogP contribution is 2.32. The number of anilines is 1. The summed E-state index contributed by atoms with van der Waals surface area (Å²) in [7, 11) is 0. The fraction of sp³-hybridized carbons (Fsp3) is 0.0714. The molecule has 0 saturated carbocycles. The number of imidazole rings is 1. The molecule has 0 unspecified atom stereocenters. The predicted octanol–water partition coefficient (Wildman–Crippen LogP) is 1.80. The van der Waals surface area contributed by atoms with Gasteiger partial charge in [-0.15, -0.1) is 0 Å². The van der Waals surface area contributed by atoms with E-state index in [4.69, 9.17) is 10.5 Å². The summed E-state index contributed by atoms with van der Waals surface area (Å²) in [5.74, 6) is 2.75. The Bertz CT molecular complexity index is 796. The summed E-state index contributed by atoms with van der Waals surface area (Å²) in [6, 6.07) is 7.49. The lowest BCUT2D eigenvalue weighted by molar-refractivity contribution is 0.279. The second kappa shape index (κ2) is 4.06. The number of nitrogen functional groups attached to an aromatic ring is 1. The Morgan fingerprint density at radius 2 is 2.10 bits per heavy atom. The summed E-state index contributed by atoms with van der Waals surface area (Å²) >= 11 is 0.